The van der Waals surface area contributed by atoms with Gasteiger partial charge in [0.05, 0.1) is 5.92 Å². The molecule has 3 atom stereocenters. The molecule has 0 aromatic heterocycles. The molecule has 2 aliphatic heterocycles. The van der Waals surface area contributed by atoms with Crippen LogP contribution in [-0.2, 0) is 16.0 Å². The first-order valence-electron chi connectivity index (χ1n) is 10.3. The van der Waals surface area contributed by atoms with Gasteiger partial charge in [0.25, 0.3) is 0 Å². The van der Waals surface area contributed by atoms with Gasteiger partial charge in [-0.15, -0.1) is 0 Å². The molecule has 3 aliphatic rings. The van der Waals surface area contributed by atoms with Crippen LogP contribution in [0.25, 0.3) is 0 Å². The van der Waals surface area contributed by atoms with Crippen molar-refractivity contribution in [1.29, 1.82) is 0 Å². The monoisotopic (exact) mass is 354 g/mol. The average Bonchev–Trinajstić information content (AvgIpc) is 2.68. The number of piperidine rings is 2. The largest absolute Gasteiger partial charge is 0.353 e. The van der Waals surface area contributed by atoms with Crippen molar-refractivity contribution < 1.29 is 9.59 Å². The number of rotatable bonds is 3. The Morgan fingerprint density at radius 2 is 1.77 bits per heavy atom. The number of benzene rings is 1. The Balaban J connectivity index is 1.34. The van der Waals surface area contributed by atoms with E-state index in [0.717, 1.165) is 45.2 Å². The minimum atomic E-state index is -0.0836. The van der Waals surface area contributed by atoms with Crippen LogP contribution in [0.3, 0.4) is 0 Å². The summed E-state index contributed by atoms with van der Waals surface area (Å²) in [5.41, 5.74) is 1.39. The second-order valence-electron chi connectivity index (χ2n) is 8.39. The Kier molecular flexibility index (Phi) is 5.28. The molecule has 1 aliphatic carbocycles. The molecule has 1 aromatic rings. The number of amides is 2. The van der Waals surface area contributed by atoms with Gasteiger partial charge in [0, 0.05) is 25.6 Å². The van der Waals surface area contributed by atoms with Crippen LogP contribution < -0.4 is 5.32 Å². The standard InChI is InChI=1S/C22H30N2O2/c25-21-15-19(18-8-4-5-9-20(18)23-21)22(26)24-12-10-17(11-13-24)14-16-6-2-1-3-7-16/h1-3,6-7,17-20H,4-5,8-15H2,(H,23,25). The van der Waals surface area contributed by atoms with Crippen molar-refractivity contribution in [3.05, 3.63) is 35.9 Å². The van der Waals surface area contributed by atoms with Crippen LogP contribution >= 0.6 is 0 Å². The van der Waals surface area contributed by atoms with Gasteiger partial charge in [-0.1, -0.05) is 43.2 Å². The lowest BCUT2D eigenvalue weighted by Crippen LogP contribution is -2.55. The highest BCUT2D eigenvalue weighted by Gasteiger charge is 2.43. The Bertz CT molecular complexity index is 637. The Hall–Kier alpha value is -1.84. The summed E-state index contributed by atoms with van der Waals surface area (Å²) in [5.74, 6) is 1.26. The first kappa shape index (κ1) is 17.6. The van der Waals surface area contributed by atoms with Crippen molar-refractivity contribution in [2.75, 3.05) is 13.1 Å². The van der Waals surface area contributed by atoms with Crippen molar-refractivity contribution in [1.82, 2.24) is 10.2 Å². The third-order valence-electron chi connectivity index (χ3n) is 6.70. The molecule has 1 N–H and O–H groups in total. The molecule has 0 radical (unpaired) electrons. The van der Waals surface area contributed by atoms with Gasteiger partial charge in [0.2, 0.25) is 11.8 Å². The number of hydrogen-bond acceptors (Lipinski definition) is 2. The molecule has 2 heterocycles. The van der Waals surface area contributed by atoms with Crippen LogP contribution in [0.15, 0.2) is 30.3 Å². The van der Waals surface area contributed by atoms with Crippen LogP contribution in [0.2, 0.25) is 0 Å². The molecule has 2 saturated heterocycles. The maximum absolute atomic E-state index is 13.2. The van der Waals surface area contributed by atoms with E-state index in [1.807, 2.05) is 0 Å². The summed E-state index contributed by atoms with van der Waals surface area (Å²) in [6, 6.07) is 10.9. The van der Waals surface area contributed by atoms with Crippen molar-refractivity contribution in [3.8, 4) is 0 Å². The van der Waals surface area contributed by atoms with Crippen molar-refractivity contribution in [3.63, 3.8) is 0 Å². The molecule has 4 heteroatoms. The number of likely N-dealkylation sites (tertiary alicyclic amines) is 1. The fourth-order valence-corrected chi connectivity index (χ4v) is 5.25. The Morgan fingerprint density at radius 3 is 2.54 bits per heavy atom. The number of nitrogens with zero attached hydrogens (tertiary/aromatic N) is 1. The SMILES string of the molecule is O=C1CC(C(=O)N2CCC(Cc3ccccc3)CC2)C2CCCCC2N1. The molecule has 140 valence electrons. The smallest absolute Gasteiger partial charge is 0.226 e. The molecule has 2 amide bonds. The molecular formula is C22H30N2O2. The third-order valence-corrected chi connectivity index (χ3v) is 6.70. The maximum Gasteiger partial charge on any atom is 0.226 e. The maximum atomic E-state index is 13.2. The lowest BCUT2D eigenvalue weighted by molar-refractivity contribution is -0.146. The van der Waals surface area contributed by atoms with Crippen LogP contribution in [0, 0.1) is 17.8 Å². The van der Waals surface area contributed by atoms with Gasteiger partial charge in [0.15, 0.2) is 0 Å². The van der Waals surface area contributed by atoms with Crippen molar-refractivity contribution in [2.45, 2.75) is 57.4 Å². The third kappa shape index (κ3) is 3.79. The first-order chi connectivity index (χ1) is 12.7. The van der Waals surface area contributed by atoms with E-state index in [9.17, 15) is 9.59 Å². The van der Waals surface area contributed by atoms with Crippen molar-refractivity contribution in [2.24, 2.45) is 17.8 Å². The lowest BCUT2D eigenvalue weighted by atomic mass is 9.72. The summed E-state index contributed by atoms with van der Waals surface area (Å²) in [5, 5.41) is 3.13. The zero-order chi connectivity index (χ0) is 17.9. The molecule has 1 saturated carbocycles. The number of hydrogen-bond donors (Lipinski definition) is 1. The van der Waals surface area contributed by atoms with Crippen LogP contribution in [-0.4, -0.2) is 35.8 Å². The Labute approximate surface area is 156 Å². The topological polar surface area (TPSA) is 49.4 Å². The van der Waals surface area contributed by atoms with Gasteiger partial charge in [-0.05, 0) is 49.5 Å². The molecule has 3 fully saturated rings. The zero-order valence-electron chi connectivity index (χ0n) is 15.5. The molecule has 4 rings (SSSR count). The number of carbonyl (C=O) groups is 2. The number of nitrogens with one attached hydrogen (secondary N) is 1. The van der Waals surface area contributed by atoms with Gasteiger partial charge in [-0.25, -0.2) is 0 Å². The second-order valence-corrected chi connectivity index (χ2v) is 8.39. The molecular weight excluding hydrogens is 324 g/mol. The fourth-order valence-electron chi connectivity index (χ4n) is 5.25. The van der Waals surface area contributed by atoms with E-state index >= 15 is 0 Å². The van der Waals surface area contributed by atoms with Gasteiger partial charge >= 0.3 is 0 Å². The number of carbonyl (C=O) groups excluding carboxylic acids is 2. The van der Waals surface area contributed by atoms with Gasteiger partial charge in [0.1, 0.15) is 0 Å². The quantitative estimate of drug-likeness (QED) is 0.906. The highest BCUT2D eigenvalue weighted by molar-refractivity contribution is 5.87. The molecule has 4 nitrogen and oxygen atoms in total. The summed E-state index contributed by atoms with van der Waals surface area (Å²) in [6.07, 6.45) is 8.16. The van der Waals surface area contributed by atoms with Gasteiger partial charge in [-0.3, -0.25) is 9.59 Å². The second kappa shape index (κ2) is 7.81. The van der Waals surface area contributed by atoms with E-state index in [4.69, 9.17) is 0 Å². The molecule has 26 heavy (non-hydrogen) atoms. The van der Waals surface area contributed by atoms with E-state index in [-0.39, 0.29) is 23.8 Å². The van der Waals surface area contributed by atoms with Gasteiger partial charge in [-0.2, -0.15) is 0 Å². The van der Waals surface area contributed by atoms with E-state index in [0.29, 0.717) is 18.3 Å². The summed E-state index contributed by atoms with van der Waals surface area (Å²) >= 11 is 0. The van der Waals surface area contributed by atoms with Gasteiger partial charge < -0.3 is 10.2 Å². The summed E-state index contributed by atoms with van der Waals surface area (Å²) in [7, 11) is 0. The van der Waals surface area contributed by atoms with Crippen LogP contribution in [0.1, 0.15) is 50.5 Å². The lowest BCUT2D eigenvalue weighted by Gasteiger charge is -2.43. The predicted octanol–water partition coefficient (Wildman–Crippen LogP) is 3.16. The van der Waals surface area contributed by atoms with E-state index < -0.39 is 0 Å². The average molecular weight is 354 g/mol. The van der Waals surface area contributed by atoms with E-state index in [1.165, 1.54) is 18.4 Å². The Morgan fingerprint density at radius 1 is 1.04 bits per heavy atom. The summed E-state index contributed by atoms with van der Waals surface area (Å²) < 4.78 is 0. The first-order valence-corrected chi connectivity index (χ1v) is 10.3. The van der Waals surface area contributed by atoms with Crippen molar-refractivity contribution >= 4 is 11.8 Å². The minimum absolute atomic E-state index is 0.0745. The minimum Gasteiger partial charge on any atom is -0.353 e. The van der Waals surface area contributed by atoms with Crippen LogP contribution in [0.4, 0.5) is 0 Å². The predicted molar refractivity (Wildman–Crippen MR) is 101 cm³/mol. The highest BCUT2D eigenvalue weighted by atomic mass is 16.2. The fraction of sp³-hybridized carbons (Fsp3) is 0.636. The molecule has 0 bridgehead atoms. The molecule has 3 unspecified atom stereocenters. The summed E-state index contributed by atoms with van der Waals surface area (Å²) in [4.78, 5) is 27.3. The van der Waals surface area contributed by atoms with E-state index in [2.05, 4.69) is 40.5 Å². The zero-order valence-corrected chi connectivity index (χ0v) is 15.5. The highest BCUT2D eigenvalue weighted by Crippen LogP contribution is 2.37. The molecule has 0 spiro atoms. The molecule has 1 aromatic carbocycles. The van der Waals surface area contributed by atoms with E-state index in [1.54, 1.807) is 0 Å². The number of fused-ring (bicyclic) bond motifs is 1. The summed E-state index contributed by atoms with van der Waals surface area (Å²) in [6.45, 7) is 1.71. The van der Waals surface area contributed by atoms with Crippen LogP contribution in [0.5, 0.6) is 0 Å². The normalized spacial score (nSPS) is 29.8.